The lowest BCUT2D eigenvalue weighted by molar-refractivity contribution is -0.147. The lowest BCUT2D eigenvalue weighted by Crippen LogP contribution is -2.34. The van der Waals surface area contributed by atoms with Crippen molar-refractivity contribution >= 4 is 35.0 Å². The van der Waals surface area contributed by atoms with Gasteiger partial charge in [-0.15, -0.1) is 0 Å². The van der Waals surface area contributed by atoms with Crippen LogP contribution in [0, 0.1) is 5.41 Å². The highest BCUT2D eigenvalue weighted by atomic mass is 35.7. The van der Waals surface area contributed by atoms with Gasteiger partial charge in [-0.1, -0.05) is 26.8 Å². The molecule has 6 nitrogen and oxygen atoms in total. The first-order valence-electron chi connectivity index (χ1n) is 7.84. The van der Waals surface area contributed by atoms with Crippen molar-refractivity contribution in [3.63, 3.8) is 0 Å². The number of pyridine rings is 1. The molecule has 2 rings (SSSR count). The molecule has 0 aliphatic carbocycles. The second-order valence-corrected chi connectivity index (χ2v) is 9.68. The number of carbonyl (C=O) groups is 1. The van der Waals surface area contributed by atoms with Crippen LogP contribution in [0.5, 0.6) is 5.75 Å². The monoisotopic (exact) mass is 384 g/mol. The number of esters is 1. The summed E-state index contributed by atoms with van der Waals surface area (Å²) in [5.41, 5.74) is 0.627. The normalized spacial score (nSPS) is 15.4. The summed E-state index contributed by atoms with van der Waals surface area (Å²) in [7, 11) is 0. The molecule has 136 valence electrons. The van der Waals surface area contributed by atoms with E-state index in [-0.39, 0.29) is 12.0 Å². The van der Waals surface area contributed by atoms with E-state index in [1.165, 1.54) is 6.92 Å². The molecule has 8 heteroatoms. The highest BCUT2D eigenvalue weighted by molar-refractivity contribution is 7.84. The van der Waals surface area contributed by atoms with E-state index >= 15 is 0 Å². The van der Waals surface area contributed by atoms with Gasteiger partial charge in [0.25, 0.3) is 0 Å². The van der Waals surface area contributed by atoms with Gasteiger partial charge in [0, 0.05) is 22.8 Å². The molecule has 0 radical (unpaired) electrons. The van der Waals surface area contributed by atoms with Crippen LogP contribution in [-0.4, -0.2) is 23.6 Å². The Bertz CT molecular complexity index is 807. The summed E-state index contributed by atoms with van der Waals surface area (Å²) in [5, 5.41) is 3.33. The lowest BCUT2D eigenvalue weighted by Gasteiger charge is -2.21. The summed E-state index contributed by atoms with van der Waals surface area (Å²) in [6.45, 7) is 3.85. The van der Waals surface area contributed by atoms with Crippen LogP contribution < -0.4 is 9.61 Å². The minimum atomic E-state index is -3.77. The average Bonchev–Trinajstić information content (AvgIpc) is 2.50. The van der Waals surface area contributed by atoms with E-state index in [2.05, 4.69) is 10.1 Å². The summed E-state index contributed by atoms with van der Waals surface area (Å²) in [6, 6.07) is 7.82. The Morgan fingerprint density at radius 1 is 1.36 bits per heavy atom. The van der Waals surface area contributed by atoms with E-state index in [0.717, 1.165) is 10.9 Å². The van der Waals surface area contributed by atoms with Crippen LogP contribution in [0.2, 0.25) is 0 Å². The molecule has 0 spiro atoms. The van der Waals surface area contributed by atoms with Gasteiger partial charge in [0.1, 0.15) is 11.8 Å². The topological polar surface area (TPSA) is 77.5 Å². The first kappa shape index (κ1) is 19.7. The van der Waals surface area contributed by atoms with Gasteiger partial charge in [0.15, 0.2) is 0 Å². The SMILES string of the molecule is CC(NP(=O)(Cl)Oc1ccc2ncccc2c1)C(=O)OCC(C)(C)C. The van der Waals surface area contributed by atoms with Gasteiger partial charge in [-0.3, -0.25) is 9.78 Å². The van der Waals surface area contributed by atoms with E-state index in [9.17, 15) is 9.36 Å². The molecule has 1 aromatic heterocycles. The number of benzene rings is 1. The Kier molecular flexibility index (Phi) is 6.09. The molecule has 2 unspecified atom stereocenters. The van der Waals surface area contributed by atoms with Crippen LogP contribution in [0.15, 0.2) is 36.5 Å². The highest BCUT2D eigenvalue weighted by Gasteiger charge is 2.29. The number of hydrogen-bond donors (Lipinski definition) is 1. The second kappa shape index (κ2) is 7.73. The minimum absolute atomic E-state index is 0.157. The number of halogens is 1. The largest absolute Gasteiger partial charge is 0.464 e. The zero-order valence-electron chi connectivity index (χ0n) is 14.7. The zero-order chi connectivity index (χ0) is 18.7. The second-order valence-electron chi connectivity index (χ2n) is 6.95. The van der Waals surface area contributed by atoms with Crippen molar-refractivity contribution in [3.8, 4) is 5.75 Å². The van der Waals surface area contributed by atoms with Crippen molar-refractivity contribution in [3.05, 3.63) is 36.5 Å². The van der Waals surface area contributed by atoms with Gasteiger partial charge in [-0.05, 0) is 36.6 Å². The fourth-order valence-corrected chi connectivity index (χ4v) is 3.65. The highest BCUT2D eigenvalue weighted by Crippen LogP contribution is 2.48. The maximum atomic E-state index is 12.4. The molecule has 0 saturated heterocycles. The summed E-state index contributed by atoms with van der Waals surface area (Å²) in [6.07, 6.45) is 1.68. The molecule has 0 fully saturated rings. The van der Waals surface area contributed by atoms with Crippen LogP contribution in [-0.2, 0) is 14.1 Å². The summed E-state index contributed by atoms with van der Waals surface area (Å²) in [5.74, 6) is -0.219. The summed E-state index contributed by atoms with van der Waals surface area (Å²) >= 11 is 5.95. The summed E-state index contributed by atoms with van der Waals surface area (Å²) in [4.78, 5) is 16.2. The molecule has 1 N–H and O–H groups in total. The maximum Gasteiger partial charge on any atom is 0.409 e. The van der Waals surface area contributed by atoms with Crippen LogP contribution in [0.4, 0.5) is 0 Å². The summed E-state index contributed by atoms with van der Waals surface area (Å²) < 4.78 is 23.0. The minimum Gasteiger partial charge on any atom is -0.464 e. The van der Waals surface area contributed by atoms with E-state index < -0.39 is 18.9 Å². The number of rotatable bonds is 6. The number of hydrogen-bond acceptors (Lipinski definition) is 5. The van der Waals surface area contributed by atoms with Crippen molar-refractivity contribution in [1.82, 2.24) is 10.1 Å². The van der Waals surface area contributed by atoms with Gasteiger partial charge in [0.2, 0.25) is 0 Å². The number of aromatic nitrogens is 1. The Hall–Kier alpha value is -1.62. The Morgan fingerprint density at radius 3 is 2.76 bits per heavy atom. The van der Waals surface area contributed by atoms with Crippen LogP contribution in [0.25, 0.3) is 10.9 Å². The molecular formula is C17H22ClN2O4P. The van der Waals surface area contributed by atoms with Gasteiger partial charge >= 0.3 is 12.8 Å². The molecule has 0 amide bonds. The zero-order valence-corrected chi connectivity index (χ0v) is 16.3. The number of ether oxygens (including phenoxy) is 1. The molecule has 2 atom stereocenters. The molecule has 25 heavy (non-hydrogen) atoms. The third-order valence-corrected chi connectivity index (χ3v) is 4.79. The van der Waals surface area contributed by atoms with E-state index in [1.807, 2.05) is 26.8 Å². The van der Waals surface area contributed by atoms with Crippen LogP contribution in [0.3, 0.4) is 0 Å². The smallest absolute Gasteiger partial charge is 0.409 e. The van der Waals surface area contributed by atoms with E-state index in [1.54, 1.807) is 30.5 Å². The van der Waals surface area contributed by atoms with Gasteiger partial charge < -0.3 is 9.26 Å². The Labute approximate surface area is 152 Å². The Morgan fingerprint density at radius 2 is 2.08 bits per heavy atom. The van der Waals surface area contributed by atoms with Gasteiger partial charge in [-0.25, -0.2) is 9.65 Å². The average molecular weight is 385 g/mol. The molecule has 0 saturated carbocycles. The predicted octanol–water partition coefficient (Wildman–Crippen LogP) is 4.53. The number of carbonyl (C=O) groups excluding carboxylic acids is 1. The molecule has 0 aliphatic heterocycles. The fraction of sp³-hybridized carbons (Fsp3) is 0.412. The van der Waals surface area contributed by atoms with Crippen molar-refractivity contribution in [2.75, 3.05) is 6.61 Å². The standard InChI is InChI=1S/C17H22ClN2O4P/c1-12(16(21)23-11-17(2,3)4)20-25(18,22)24-14-7-8-15-13(10-14)6-5-9-19-15/h5-10,12H,11H2,1-4H3,(H,20,22). The van der Waals surface area contributed by atoms with Crippen molar-refractivity contribution in [2.45, 2.75) is 33.7 Å². The molecule has 0 aliphatic rings. The van der Waals surface area contributed by atoms with Crippen molar-refractivity contribution in [1.29, 1.82) is 0 Å². The van der Waals surface area contributed by atoms with Crippen molar-refractivity contribution < 1.29 is 18.6 Å². The van der Waals surface area contributed by atoms with E-state index in [4.69, 9.17) is 20.5 Å². The van der Waals surface area contributed by atoms with Crippen LogP contribution >= 0.6 is 18.1 Å². The third kappa shape index (κ3) is 6.31. The van der Waals surface area contributed by atoms with Gasteiger partial charge in [0.05, 0.1) is 12.1 Å². The Balaban J connectivity index is 2.00. The maximum absolute atomic E-state index is 12.4. The predicted molar refractivity (Wildman–Crippen MR) is 98.8 cm³/mol. The van der Waals surface area contributed by atoms with E-state index in [0.29, 0.717) is 5.75 Å². The number of nitrogens with one attached hydrogen (secondary N) is 1. The number of nitrogens with zero attached hydrogens (tertiary/aromatic N) is 1. The third-order valence-electron chi connectivity index (χ3n) is 3.15. The van der Waals surface area contributed by atoms with Crippen LogP contribution in [0.1, 0.15) is 27.7 Å². The first-order valence-corrected chi connectivity index (χ1v) is 10.4. The first-order chi connectivity index (χ1) is 11.6. The molecule has 0 bridgehead atoms. The fourth-order valence-electron chi connectivity index (χ4n) is 1.97. The molecule has 2 aromatic rings. The number of fused-ring (bicyclic) bond motifs is 1. The van der Waals surface area contributed by atoms with Gasteiger partial charge in [-0.2, -0.15) is 0 Å². The lowest BCUT2D eigenvalue weighted by atomic mass is 9.99. The quantitative estimate of drug-likeness (QED) is 0.582. The molecule has 1 aromatic carbocycles. The van der Waals surface area contributed by atoms with Crippen molar-refractivity contribution in [2.24, 2.45) is 5.41 Å². The molecular weight excluding hydrogens is 363 g/mol. The molecule has 1 heterocycles.